The van der Waals surface area contributed by atoms with Gasteiger partial charge in [0.05, 0.1) is 24.6 Å². The molecule has 0 aliphatic rings. The van der Waals surface area contributed by atoms with E-state index in [0.29, 0.717) is 36.7 Å². The third-order valence-corrected chi connectivity index (χ3v) is 2.35. The number of nitrogens with one attached hydrogen (secondary N) is 1. The van der Waals surface area contributed by atoms with Crippen molar-refractivity contribution in [1.82, 2.24) is 0 Å². The van der Waals surface area contributed by atoms with Crippen LogP contribution in [0.5, 0.6) is 0 Å². The Morgan fingerprint density at radius 1 is 1.39 bits per heavy atom. The van der Waals surface area contributed by atoms with E-state index in [4.69, 9.17) is 21.3 Å². The first-order valence-electron chi connectivity index (χ1n) is 5.77. The molecule has 0 saturated heterocycles. The van der Waals surface area contributed by atoms with Gasteiger partial charge in [0.25, 0.3) is 0 Å². The minimum Gasteiger partial charge on any atom is -0.397 e. The number of nitrogens with two attached hydrogens (primary N) is 2. The monoisotopic (exact) mass is 253 g/mol. The lowest BCUT2D eigenvalue weighted by Gasteiger charge is -2.10. The average molecular weight is 253 g/mol. The summed E-state index contributed by atoms with van der Waals surface area (Å²) in [4.78, 5) is 11.0. The first-order valence-corrected chi connectivity index (χ1v) is 5.77. The molecule has 0 heterocycles. The van der Waals surface area contributed by atoms with Crippen molar-refractivity contribution in [3.8, 4) is 0 Å². The Bertz CT molecular complexity index is 396. The summed E-state index contributed by atoms with van der Waals surface area (Å²) in [6, 6.07) is 4.87. The maximum atomic E-state index is 11.0. The molecule has 6 N–H and O–H groups in total. The van der Waals surface area contributed by atoms with Crippen molar-refractivity contribution >= 4 is 17.3 Å². The van der Waals surface area contributed by atoms with Crippen molar-refractivity contribution in [3.63, 3.8) is 0 Å². The van der Waals surface area contributed by atoms with Gasteiger partial charge in [-0.2, -0.15) is 0 Å². The van der Waals surface area contributed by atoms with Crippen molar-refractivity contribution in [1.29, 1.82) is 0 Å². The molecule has 0 unspecified atom stereocenters. The summed E-state index contributed by atoms with van der Waals surface area (Å²) in [7, 11) is 0. The third-order valence-electron chi connectivity index (χ3n) is 2.35. The summed E-state index contributed by atoms with van der Waals surface area (Å²) in [5.74, 6) is -0.482. The van der Waals surface area contributed by atoms with Gasteiger partial charge in [-0.3, -0.25) is 4.79 Å². The maximum absolute atomic E-state index is 11.0. The highest BCUT2D eigenvalue weighted by Crippen LogP contribution is 2.19. The molecule has 6 nitrogen and oxygen atoms in total. The number of carbonyl (C=O) groups excluding carboxylic acids is 1. The number of aliphatic hydroxyl groups excluding tert-OH is 1. The molecule has 1 aromatic carbocycles. The zero-order valence-electron chi connectivity index (χ0n) is 10.2. The summed E-state index contributed by atoms with van der Waals surface area (Å²) in [5.41, 5.74) is 12.6. The van der Waals surface area contributed by atoms with Gasteiger partial charge in [-0.15, -0.1) is 0 Å². The third kappa shape index (κ3) is 4.60. The lowest BCUT2D eigenvalue weighted by Crippen LogP contribution is -2.13. The Labute approximate surface area is 106 Å². The molecule has 0 aliphatic carbocycles. The minimum absolute atomic E-state index is 0.0288. The van der Waals surface area contributed by atoms with Gasteiger partial charge in [0.1, 0.15) is 0 Å². The summed E-state index contributed by atoms with van der Waals surface area (Å²) < 4.78 is 5.12. The fraction of sp³-hybridized carbons (Fsp3) is 0.417. The van der Waals surface area contributed by atoms with Gasteiger partial charge >= 0.3 is 0 Å². The molecule has 0 atom stereocenters. The van der Waals surface area contributed by atoms with Crippen LogP contribution in [0.15, 0.2) is 18.2 Å². The van der Waals surface area contributed by atoms with E-state index in [1.54, 1.807) is 18.2 Å². The van der Waals surface area contributed by atoms with Crippen molar-refractivity contribution in [2.45, 2.75) is 6.42 Å². The number of primary amides is 1. The number of rotatable bonds is 8. The second-order valence-corrected chi connectivity index (χ2v) is 3.78. The molecule has 0 radical (unpaired) electrons. The van der Waals surface area contributed by atoms with E-state index in [-0.39, 0.29) is 6.61 Å². The van der Waals surface area contributed by atoms with E-state index in [1.165, 1.54) is 0 Å². The van der Waals surface area contributed by atoms with Gasteiger partial charge in [0, 0.05) is 18.7 Å². The van der Waals surface area contributed by atoms with Crippen LogP contribution < -0.4 is 16.8 Å². The Kier molecular flexibility index (Phi) is 5.96. The van der Waals surface area contributed by atoms with Crippen LogP contribution in [-0.2, 0) is 4.74 Å². The average Bonchev–Trinajstić information content (AvgIpc) is 2.35. The quantitative estimate of drug-likeness (QED) is 0.390. The van der Waals surface area contributed by atoms with Crippen molar-refractivity contribution in [2.24, 2.45) is 5.73 Å². The van der Waals surface area contributed by atoms with Gasteiger partial charge in [-0.1, -0.05) is 0 Å². The Balaban J connectivity index is 2.41. The van der Waals surface area contributed by atoms with Crippen LogP contribution in [0, 0.1) is 0 Å². The normalized spacial score (nSPS) is 10.3. The van der Waals surface area contributed by atoms with Crippen molar-refractivity contribution < 1.29 is 14.6 Å². The number of benzene rings is 1. The molecule has 6 heteroatoms. The molecule has 0 spiro atoms. The first-order chi connectivity index (χ1) is 8.65. The Morgan fingerprint density at radius 2 is 2.17 bits per heavy atom. The van der Waals surface area contributed by atoms with Crippen molar-refractivity contribution in [2.75, 3.05) is 37.4 Å². The first kappa shape index (κ1) is 14.3. The van der Waals surface area contributed by atoms with E-state index >= 15 is 0 Å². The largest absolute Gasteiger partial charge is 0.397 e. The van der Waals surface area contributed by atoms with E-state index in [1.807, 2.05) is 0 Å². The number of aliphatic hydroxyl groups is 1. The molecule has 1 rings (SSSR count). The number of hydrogen-bond acceptors (Lipinski definition) is 5. The molecule has 0 saturated carbocycles. The lowest BCUT2D eigenvalue weighted by atomic mass is 10.1. The predicted molar refractivity (Wildman–Crippen MR) is 70.4 cm³/mol. The van der Waals surface area contributed by atoms with Crippen LogP contribution in [-0.4, -0.2) is 37.4 Å². The van der Waals surface area contributed by atoms with Crippen molar-refractivity contribution in [3.05, 3.63) is 23.8 Å². The highest BCUT2D eigenvalue weighted by molar-refractivity contribution is 5.94. The molecule has 0 bridgehead atoms. The molecule has 18 heavy (non-hydrogen) atoms. The van der Waals surface area contributed by atoms with Crippen LogP contribution >= 0.6 is 0 Å². The van der Waals surface area contributed by atoms with Gasteiger partial charge in [-0.05, 0) is 24.6 Å². The van der Waals surface area contributed by atoms with E-state index in [2.05, 4.69) is 5.32 Å². The summed E-state index contributed by atoms with van der Waals surface area (Å²) >= 11 is 0. The minimum atomic E-state index is -0.482. The summed E-state index contributed by atoms with van der Waals surface area (Å²) in [6.45, 7) is 1.60. The Morgan fingerprint density at radius 3 is 2.83 bits per heavy atom. The topological polar surface area (TPSA) is 111 Å². The van der Waals surface area contributed by atoms with Gasteiger partial charge < -0.3 is 26.6 Å². The van der Waals surface area contributed by atoms with Crippen LogP contribution in [0.2, 0.25) is 0 Å². The number of anilines is 2. The molecular formula is C12H19N3O3. The van der Waals surface area contributed by atoms with Crippen LogP contribution in [0.1, 0.15) is 16.8 Å². The highest BCUT2D eigenvalue weighted by atomic mass is 16.5. The number of ether oxygens (including phenoxy) is 1. The molecule has 0 aromatic heterocycles. The molecule has 1 amide bonds. The SMILES string of the molecule is NC(=O)c1ccc(N)c(NCCCOCCO)c1. The van der Waals surface area contributed by atoms with E-state index < -0.39 is 5.91 Å². The van der Waals surface area contributed by atoms with Gasteiger partial charge in [0.2, 0.25) is 5.91 Å². The molecule has 0 fully saturated rings. The second kappa shape index (κ2) is 7.52. The standard InChI is InChI=1S/C12H19N3O3/c13-10-3-2-9(12(14)17)8-11(10)15-4-1-6-18-7-5-16/h2-3,8,15-16H,1,4-7,13H2,(H2,14,17). The smallest absolute Gasteiger partial charge is 0.248 e. The zero-order valence-corrected chi connectivity index (χ0v) is 10.2. The number of hydrogen-bond donors (Lipinski definition) is 4. The zero-order chi connectivity index (χ0) is 13.4. The lowest BCUT2D eigenvalue weighted by molar-refractivity contribution is 0.0922. The van der Waals surface area contributed by atoms with Gasteiger partial charge in [0.15, 0.2) is 0 Å². The summed E-state index contributed by atoms with van der Waals surface area (Å²) in [5, 5.41) is 11.6. The number of carbonyl (C=O) groups is 1. The van der Waals surface area contributed by atoms with Crippen LogP contribution in [0.25, 0.3) is 0 Å². The fourth-order valence-corrected chi connectivity index (χ4v) is 1.43. The molecule has 0 aliphatic heterocycles. The number of amides is 1. The Hall–Kier alpha value is -1.79. The molecular weight excluding hydrogens is 234 g/mol. The van der Waals surface area contributed by atoms with E-state index in [0.717, 1.165) is 6.42 Å². The maximum Gasteiger partial charge on any atom is 0.248 e. The second-order valence-electron chi connectivity index (χ2n) is 3.78. The van der Waals surface area contributed by atoms with E-state index in [9.17, 15) is 4.79 Å². The fourth-order valence-electron chi connectivity index (χ4n) is 1.43. The highest BCUT2D eigenvalue weighted by Gasteiger charge is 2.04. The van der Waals surface area contributed by atoms with Crippen LogP contribution in [0.3, 0.4) is 0 Å². The molecule has 100 valence electrons. The molecule has 1 aromatic rings. The predicted octanol–water partition coefficient (Wildman–Crippen LogP) is 0.179. The van der Waals surface area contributed by atoms with Gasteiger partial charge in [-0.25, -0.2) is 0 Å². The summed E-state index contributed by atoms with van der Waals surface area (Å²) in [6.07, 6.45) is 0.778. The van der Waals surface area contributed by atoms with Crippen LogP contribution in [0.4, 0.5) is 11.4 Å². The number of nitrogen functional groups attached to an aromatic ring is 1.